The summed E-state index contributed by atoms with van der Waals surface area (Å²) < 4.78 is 0. The molecule has 1 aliphatic heterocycles. The Morgan fingerprint density at radius 3 is 2.78 bits per heavy atom. The fourth-order valence-corrected chi connectivity index (χ4v) is 4.19. The van der Waals surface area contributed by atoms with Gasteiger partial charge in [0.15, 0.2) is 0 Å². The van der Waals surface area contributed by atoms with Gasteiger partial charge in [-0.2, -0.15) is 0 Å². The second kappa shape index (κ2) is 7.48. The van der Waals surface area contributed by atoms with Crippen LogP contribution in [0.1, 0.15) is 40.6 Å². The second-order valence-electron chi connectivity index (χ2n) is 6.94. The van der Waals surface area contributed by atoms with E-state index in [4.69, 9.17) is 10.7 Å². The van der Waals surface area contributed by atoms with Crippen molar-refractivity contribution in [1.82, 2.24) is 14.9 Å². The van der Waals surface area contributed by atoms with Crippen LogP contribution in [-0.2, 0) is 0 Å². The monoisotopic (exact) mass is 378 g/mol. The van der Waals surface area contributed by atoms with Crippen molar-refractivity contribution < 1.29 is 4.79 Å². The lowest BCUT2D eigenvalue weighted by Crippen LogP contribution is -2.39. The fraction of sp³-hybridized carbons (Fsp3) is 0.286. The van der Waals surface area contributed by atoms with E-state index >= 15 is 0 Å². The molecule has 0 bridgehead atoms. The van der Waals surface area contributed by atoms with Gasteiger partial charge in [-0.25, -0.2) is 9.97 Å². The molecule has 2 aromatic heterocycles. The normalized spacial score (nSPS) is 17.1. The van der Waals surface area contributed by atoms with E-state index in [1.54, 1.807) is 35.6 Å². The van der Waals surface area contributed by atoms with Crippen LogP contribution in [0.5, 0.6) is 0 Å². The minimum atomic E-state index is 0.0471. The number of aromatic nitrogens is 2. The largest absolute Gasteiger partial charge is 0.399 e. The summed E-state index contributed by atoms with van der Waals surface area (Å²) in [6.45, 7) is 3.42. The van der Waals surface area contributed by atoms with Gasteiger partial charge >= 0.3 is 0 Å². The van der Waals surface area contributed by atoms with Crippen molar-refractivity contribution in [3.63, 3.8) is 0 Å². The topological polar surface area (TPSA) is 72.1 Å². The van der Waals surface area contributed by atoms with E-state index in [9.17, 15) is 4.79 Å². The van der Waals surface area contributed by atoms with E-state index in [2.05, 4.69) is 16.4 Å². The first-order valence-corrected chi connectivity index (χ1v) is 10.0. The molecule has 0 radical (unpaired) electrons. The number of amides is 1. The number of benzene rings is 1. The summed E-state index contributed by atoms with van der Waals surface area (Å²) in [6, 6.07) is 13.3. The van der Waals surface area contributed by atoms with Gasteiger partial charge < -0.3 is 10.6 Å². The molecule has 0 spiro atoms. The number of nitrogens with two attached hydrogens (primary N) is 1. The van der Waals surface area contributed by atoms with Crippen molar-refractivity contribution in [3.8, 4) is 10.6 Å². The van der Waals surface area contributed by atoms with Crippen LogP contribution in [0.25, 0.3) is 10.6 Å². The minimum absolute atomic E-state index is 0.0471. The molecule has 3 aromatic rings. The number of nitrogens with zero attached hydrogens (tertiary/aromatic N) is 3. The molecule has 5 nitrogen and oxygen atoms in total. The lowest BCUT2D eigenvalue weighted by Gasteiger charge is -2.32. The molecule has 138 valence electrons. The molecular formula is C21H22N4OS. The zero-order chi connectivity index (χ0) is 18.8. The Morgan fingerprint density at radius 2 is 2.04 bits per heavy atom. The number of anilines is 1. The van der Waals surface area contributed by atoms with Gasteiger partial charge in [0.25, 0.3) is 5.91 Å². The quantitative estimate of drug-likeness (QED) is 0.696. The van der Waals surface area contributed by atoms with E-state index in [1.807, 2.05) is 24.0 Å². The van der Waals surface area contributed by atoms with Gasteiger partial charge in [0.05, 0.1) is 10.6 Å². The average molecular weight is 379 g/mol. The molecular weight excluding hydrogens is 356 g/mol. The highest BCUT2D eigenvalue weighted by molar-refractivity contribution is 7.13. The van der Waals surface area contributed by atoms with Crippen molar-refractivity contribution in [2.24, 2.45) is 0 Å². The predicted octanol–water partition coefficient (Wildman–Crippen LogP) is 4.12. The average Bonchev–Trinajstić information content (AvgIpc) is 3.23. The van der Waals surface area contributed by atoms with Crippen molar-refractivity contribution >= 4 is 22.9 Å². The minimum Gasteiger partial charge on any atom is -0.399 e. The summed E-state index contributed by atoms with van der Waals surface area (Å²) in [5.41, 5.74) is 9.00. The Balaban J connectivity index is 1.56. The summed E-state index contributed by atoms with van der Waals surface area (Å²) in [6.07, 6.45) is 1.95. The number of carbonyl (C=O) groups is 1. The maximum atomic E-state index is 12.9. The molecule has 27 heavy (non-hydrogen) atoms. The maximum Gasteiger partial charge on any atom is 0.253 e. The van der Waals surface area contributed by atoms with Crippen molar-refractivity contribution in [1.29, 1.82) is 0 Å². The van der Waals surface area contributed by atoms with Crippen LogP contribution in [0.4, 0.5) is 5.69 Å². The van der Waals surface area contributed by atoms with Gasteiger partial charge in [0.1, 0.15) is 5.82 Å². The van der Waals surface area contributed by atoms with Crippen molar-refractivity contribution in [2.45, 2.75) is 25.7 Å². The van der Waals surface area contributed by atoms with Gasteiger partial charge in [-0.3, -0.25) is 4.79 Å². The smallest absolute Gasteiger partial charge is 0.253 e. The Morgan fingerprint density at radius 1 is 1.22 bits per heavy atom. The number of rotatable bonds is 3. The molecule has 1 saturated heterocycles. The number of thiophene rings is 1. The van der Waals surface area contributed by atoms with Gasteiger partial charge in [-0.05, 0) is 61.5 Å². The summed E-state index contributed by atoms with van der Waals surface area (Å²) in [7, 11) is 0. The fourth-order valence-electron chi connectivity index (χ4n) is 3.51. The Labute approximate surface area is 162 Å². The summed E-state index contributed by atoms with van der Waals surface area (Å²) in [5, 5.41) is 2.06. The summed E-state index contributed by atoms with van der Waals surface area (Å²) in [5.74, 6) is 1.05. The number of carbonyl (C=O) groups excluding carboxylic acids is 1. The lowest BCUT2D eigenvalue weighted by molar-refractivity contribution is 0.0704. The van der Waals surface area contributed by atoms with Crippen LogP contribution < -0.4 is 5.73 Å². The number of hydrogen-bond donors (Lipinski definition) is 1. The molecule has 0 unspecified atom stereocenters. The highest BCUT2D eigenvalue weighted by Gasteiger charge is 2.27. The SMILES string of the molecule is Cc1cc(-c2cccs2)nc([C@@H]2CCCN(C(=O)c3ccc(N)cc3)C2)n1. The molecule has 1 fully saturated rings. The number of aryl methyl sites for hydroxylation is 1. The third kappa shape index (κ3) is 3.85. The number of hydrogen-bond acceptors (Lipinski definition) is 5. The lowest BCUT2D eigenvalue weighted by atomic mass is 9.96. The van der Waals surface area contributed by atoms with E-state index in [1.165, 1.54) is 0 Å². The molecule has 6 heteroatoms. The first-order chi connectivity index (χ1) is 13.1. The van der Waals surface area contributed by atoms with E-state index in [-0.39, 0.29) is 11.8 Å². The first kappa shape index (κ1) is 17.7. The predicted molar refractivity (Wildman–Crippen MR) is 109 cm³/mol. The molecule has 1 aliphatic rings. The van der Waals surface area contributed by atoms with E-state index < -0.39 is 0 Å². The molecule has 0 saturated carbocycles. The van der Waals surface area contributed by atoms with Gasteiger partial charge in [-0.15, -0.1) is 11.3 Å². The third-order valence-corrected chi connectivity index (χ3v) is 5.77. The summed E-state index contributed by atoms with van der Waals surface area (Å²) >= 11 is 1.68. The van der Waals surface area contributed by atoms with Gasteiger partial charge in [0, 0.05) is 36.0 Å². The highest BCUT2D eigenvalue weighted by atomic mass is 32.1. The second-order valence-corrected chi connectivity index (χ2v) is 7.89. The van der Waals surface area contributed by atoms with Crippen LogP contribution in [-0.4, -0.2) is 33.9 Å². The van der Waals surface area contributed by atoms with Crippen molar-refractivity contribution in [2.75, 3.05) is 18.8 Å². The van der Waals surface area contributed by atoms with E-state index in [0.29, 0.717) is 17.8 Å². The Bertz CT molecular complexity index is 937. The van der Waals surface area contributed by atoms with E-state index in [0.717, 1.165) is 41.5 Å². The van der Waals surface area contributed by atoms with Crippen LogP contribution in [0.3, 0.4) is 0 Å². The third-order valence-electron chi connectivity index (χ3n) is 4.88. The van der Waals surface area contributed by atoms with Crippen LogP contribution in [0.2, 0.25) is 0 Å². The molecule has 4 rings (SSSR count). The first-order valence-electron chi connectivity index (χ1n) is 9.14. The van der Waals surface area contributed by atoms with Crippen LogP contribution in [0, 0.1) is 6.92 Å². The Hall–Kier alpha value is -2.73. The Kier molecular flexibility index (Phi) is 4.90. The molecule has 1 aromatic carbocycles. The van der Waals surface area contributed by atoms with Gasteiger partial charge in [-0.1, -0.05) is 6.07 Å². The number of nitrogen functional groups attached to an aromatic ring is 1. The zero-order valence-electron chi connectivity index (χ0n) is 15.3. The maximum absolute atomic E-state index is 12.9. The number of piperidine rings is 1. The van der Waals surface area contributed by atoms with Crippen LogP contribution in [0.15, 0.2) is 47.8 Å². The summed E-state index contributed by atoms with van der Waals surface area (Å²) in [4.78, 5) is 25.4. The highest BCUT2D eigenvalue weighted by Crippen LogP contribution is 2.29. The zero-order valence-corrected chi connectivity index (χ0v) is 16.1. The van der Waals surface area contributed by atoms with Crippen molar-refractivity contribution in [3.05, 3.63) is 64.9 Å². The molecule has 1 atom stereocenters. The molecule has 0 aliphatic carbocycles. The molecule has 2 N–H and O–H groups in total. The van der Waals surface area contributed by atoms with Gasteiger partial charge in [0.2, 0.25) is 0 Å². The van der Waals surface area contributed by atoms with Crippen LogP contribution >= 0.6 is 11.3 Å². The number of likely N-dealkylation sites (tertiary alicyclic amines) is 1. The molecule has 1 amide bonds. The molecule has 3 heterocycles. The standard InChI is InChI=1S/C21H22N4OS/c1-14-12-18(19-5-3-11-27-19)24-20(23-14)16-4-2-10-25(13-16)21(26)15-6-8-17(22)9-7-15/h3,5-9,11-12,16H,2,4,10,13,22H2,1H3/t16-/m1/s1.